The SMILES string of the molecule is Nc1cn2ccnc2c(Oc2ccc(Cl)c(Cl)c2)n1. The summed E-state index contributed by atoms with van der Waals surface area (Å²) in [7, 11) is 0. The monoisotopic (exact) mass is 294 g/mol. The van der Waals surface area contributed by atoms with Crippen molar-refractivity contribution in [2.45, 2.75) is 0 Å². The molecule has 19 heavy (non-hydrogen) atoms. The van der Waals surface area contributed by atoms with E-state index in [-0.39, 0.29) is 0 Å². The molecule has 0 saturated heterocycles. The molecular formula is C12H8Cl2N4O. The molecule has 0 bridgehead atoms. The predicted octanol–water partition coefficient (Wildman–Crippen LogP) is 3.41. The van der Waals surface area contributed by atoms with Gasteiger partial charge in [0.25, 0.3) is 5.88 Å². The fraction of sp³-hybridized carbons (Fsp3) is 0. The minimum atomic E-state index is 0.309. The maximum Gasteiger partial charge on any atom is 0.265 e. The van der Waals surface area contributed by atoms with Crippen molar-refractivity contribution in [2.75, 3.05) is 5.73 Å². The average molecular weight is 295 g/mol. The van der Waals surface area contributed by atoms with Gasteiger partial charge in [-0.05, 0) is 12.1 Å². The highest BCUT2D eigenvalue weighted by Gasteiger charge is 2.09. The topological polar surface area (TPSA) is 65.4 Å². The quantitative estimate of drug-likeness (QED) is 0.786. The summed E-state index contributed by atoms with van der Waals surface area (Å²) in [4.78, 5) is 8.27. The van der Waals surface area contributed by atoms with E-state index in [1.165, 1.54) is 0 Å². The molecule has 0 aliphatic rings. The summed E-state index contributed by atoms with van der Waals surface area (Å²) in [5, 5.41) is 0.864. The number of hydrogen-bond acceptors (Lipinski definition) is 4. The molecule has 0 spiro atoms. The highest BCUT2D eigenvalue weighted by atomic mass is 35.5. The Kier molecular flexibility index (Phi) is 2.93. The van der Waals surface area contributed by atoms with Crippen molar-refractivity contribution in [1.82, 2.24) is 14.4 Å². The molecule has 2 N–H and O–H groups in total. The summed E-state index contributed by atoms with van der Waals surface area (Å²) in [5.74, 6) is 1.15. The van der Waals surface area contributed by atoms with E-state index in [0.29, 0.717) is 33.1 Å². The van der Waals surface area contributed by atoms with Crippen LogP contribution >= 0.6 is 23.2 Å². The summed E-state index contributed by atoms with van der Waals surface area (Å²) < 4.78 is 7.38. The number of imidazole rings is 1. The summed E-state index contributed by atoms with van der Waals surface area (Å²) in [6.07, 6.45) is 5.05. The van der Waals surface area contributed by atoms with Crippen LogP contribution in [0.5, 0.6) is 11.6 Å². The minimum absolute atomic E-state index is 0.309. The van der Waals surface area contributed by atoms with E-state index in [4.69, 9.17) is 33.7 Å². The van der Waals surface area contributed by atoms with Gasteiger partial charge in [-0.3, -0.25) is 4.40 Å². The van der Waals surface area contributed by atoms with Crippen LogP contribution in [0.25, 0.3) is 5.65 Å². The first-order valence-corrected chi connectivity index (χ1v) is 6.11. The Morgan fingerprint density at radius 3 is 2.84 bits per heavy atom. The molecular weight excluding hydrogens is 287 g/mol. The van der Waals surface area contributed by atoms with Gasteiger partial charge >= 0.3 is 0 Å². The van der Waals surface area contributed by atoms with E-state index >= 15 is 0 Å². The molecule has 3 aromatic rings. The molecule has 1 aromatic carbocycles. The van der Waals surface area contributed by atoms with Gasteiger partial charge in [-0.15, -0.1) is 0 Å². The van der Waals surface area contributed by atoms with Gasteiger partial charge in [-0.1, -0.05) is 23.2 Å². The average Bonchev–Trinajstić information content (AvgIpc) is 2.82. The smallest absolute Gasteiger partial charge is 0.265 e. The van der Waals surface area contributed by atoms with Crippen molar-refractivity contribution in [3.05, 3.63) is 46.8 Å². The third-order valence-corrected chi connectivity index (χ3v) is 3.21. The van der Waals surface area contributed by atoms with E-state index in [1.807, 2.05) is 0 Å². The number of benzene rings is 1. The zero-order valence-electron chi connectivity index (χ0n) is 9.55. The van der Waals surface area contributed by atoms with Crippen molar-refractivity contribution >= 4 is 34.7 Å². The third-order valence-electron chi connectivity index (χ3n) is 2.47. The summed E-state index contributed by atoms with van der Waals surface area (Å²) in [5.41, 5.74) is 6.27. The van der Waals surface area contributed by atoms with Crippen LogP contribution < -0.4 is 10.5 Å². The Bertz CT molecular complexity index is 757. The lowest BCUT2D eigenvalue weighted by molar-refractivity contribution is 0.466. The molecule has 3 rings (SSSR count). The number of hydrogen-bond donors (Lipinski definition) is 1. The van der Waals surface area contributed by atoms with Gasteiger partial charge in [0.1, 0.15) is 11.6 Å². The van der Waals surface area contributed by atoms with Crippen LogP contribution in [0.1, 0.15) is 0 Å². The first kappa shape index (κ1) is 12.1. The van der Waals surface area contributed by atoms with Gasteiger partial charge < -0.3 is 10.5 Å². The highest BCUT2D eigenvalue weighted by molar-refractivity contribution is 6.42. The minimum Gasteiger partial charge on any atom is -0.436 e. The fourth-order valence-corrected chi connectivity index (χ4v) is 1.93. The first-order valence-electron chi connectivity index (χ1n) is 5.35. The van der Waals surface area contributed by atoms with E-state index in [9.17, 15) is 0 Å². The molecule has 5 nitrogen and oxygen atoms in total. The molecule has 0 unspecified atom stereocenters. The molecule has 2 heterocycles. The Morgan fingerprint density at radius 2 is 2.05 bits per heavy atom. The lowest BCUT2D eigenvalue weighted by Crippen LogP contribution is -1.98. The van der Waals surface area contributed by atoms with Gasteiger partial charge in [-0.2, -0.15) is 4.98 Å². The molecule has 0 radical (unpaired) electrons. The maximum atomic E-state index is 5.93. The molecule has 0 fully saturated rings. The zero-order chi connectivity index (χ0) is 13.4. The van der Waals surface area contributed by atoms with Crippen LogP contribution in [0.2, 0.25) is 10.0 Å². The van der Waals surface area contributed by atoms with Gasteiger partial charge in [0.05, 0.1) is 16.2 Å². The highest BCUT2D eigenvalue weighted by Crippen LogP contribution is 2.30. The van der Waals surface area contributed by atoms with Crippen molar-refractivity contribution < 1.29 is 4.74 Å². The van der Waals surface area contributed by atoms with Gasteiger partial charge in [0.2, 0.25) is 5.65 Å². The van der Waals surface area contributed by atoms with E-state index in [0.717, 1.165) is 0 Å². The van der Waals surface area contributed by atoms with Crippen molar-refractivity contribution in [2.24, 2.45) is 0 Å². The van der Waals surface area contributed by atoms with Crippen LogP contribution in [0.4, 0.5) is 5.82 Å². The molecule has 7 heteroatoms. The second kappa shape index (κ2) is 4.60. The van der Waals surface area contributed by atoms with Crippen LogP contribution in [0.15, 0.2) is 36.8 Å². The number of aromatic nitrogens is 3. The number of fused-ring (bicyclic) bond motifs is 1. The third kappa shape index (κ3) is 2.30. The molecule has 0 amide bonds. The standard InChI is InChI=1S/C12H8Cl2N4O/c13-8-2-1-7(5-9(8)14)19-12-11-16-3-4-18(11)6-10(15)17-12/h1-6H,15H2. The van der Waals surface area contributed by atoms with E-state index < -0.39 is 0 Å². The van der Waals surface area contributed by atoms with Crippen LogP contribution in [-0.2, 0) is 0 Å². The van der Waals surface area contributed by atoms with Gasteiger partial charge in [0.15, 0.2) is 0 Å². The number of nitrogens with zero attached hydrogens (tertiary/aromatic N) is 3. The Hall–Kier alpha value is -1.98. The number of ether oxygens (including phenoxy) is 1. The van der Waals surface area contributed by atoms with Crippen molar-refractivity contribution in [3.8, 4) is 11.6 Å². The van der Waals surface area contributed by atoms with Crippen molar-refractivity contribution in [3.63, 3.8) is 0 Å². The number of halogens is 2. The summed E-state index contributed by atoms with van der Waals surface area (Å²) in [6.45, 7) is 0. The normalized spacial score (nSPS) is 10.8. The lowest BCUT2D eigenvalue weighted by atomic mass is 10.3. The fourth-order valence-electron chi connectivity index (χ4n) is 1.64. The molecule has 2 aromatic heterocycles. The molecule has 96 valence electrons. The Labute approximate surface area is 118 Å². The van der Waals surface area contributed by atoms with Crippen LogP contribution in [-0.4, -0.2) is 14.4 Å². The zero-order valence-corrected chi connectivity index (χ0v) is 11.1. The molecule has 0 aliphatic heterocycles. The van der Waals surface area contributed by atoms with Gasteiger partial charge in [0, 0.05) is 18.5 Å². The summed E-state index contributed by atoms with van der Waals surface area (Å²) in [6, 6.07) is 4.95. The number of nitrogens with two attached hydrogens (primary N) is 1. The van der Waals surface area contributed by atoms with Crippen molar-refractivity contribution in [1.29, 1.82) is 0 Å². The van der Waals surface area contributed by atoms with E-state index in [1.54, 1.807) is 41.2 Å². The van der Waals surface area contributed by atoms with Crippen LogP contribution in [0.3, 0.4) is 0 Å². The van der Waals surface area contributed by atoms with Gasteiger partial charge in [-0.25, -0.2) is 4.98 Å². The van der Waals surface area contributed by atoms with E-state index in [2.05, 4.69) is 9.97 Å². The molecule has 0 saturated carbocycles. The van der Waals surface area contributed by atoms with Crippen LogP contribution in [0, 0.1) is 0 Å². The predicted molar refractivity (Wildman–Crippen MR) is 73.9 cm³/mol. The largest absolute Gasteiger partial charge is 0.436 e. The second-order valence-electron chi connectivity index (χ2n) is 3.81. The maximum absolute atomic E-state index is 5.93. The first-order chi connectivity index (χ1) is 9.13. The lowest BCUT2D eigenvalue weighted by Gasteiger charge is -2.07. The Morgan fingerprint density at radius 1 is 1.21 bits per heavy atom. The molecule has 0 aliphatic carbocycles. The Balaban J connectivity index is 2.04. The number of anilines is 1. The number of rotatable bonds is 2. The molecule has 0 atom stereocenters. The summed E-state index contributed by atoms with van der Waals surface area (Å²) >= 11 is 11.8. The number of nitrogen functional groups attached to an aromatic ring is 1. The second-order valence-corrected chi connectivity index (χ2v) is 4.62.